The van der Waals surface area contributed by atoms with E-state index in [1.54, 1.807) is 0 Å². The van der Waals surface area contributed by atoms with Gasteiger partial charge in [0.1, 0.15) is 12.2 Å². The van der Waals surface area contributed by atoms with Crippen molar-refractivity contribution in [1.29, 1.82) is 0 Å². The molecule has 0 aromatic heterocycles. The van der Waals surface area contributed by atoms with Gasteiger partial charge in [-0.25, -0.2) is 0 Å². The molecule has 0 saturated heterocycles. The fourth-order valence-electron chi connectivity index (χ4n) is 1.56. The van der Waals surface area contributed by atoms with E-state index in [0.717, 1.165) is 15.6 Å². The number of hydrogen-bond donors (Lipinski definition) is 0. The Morgan fingerprint density at radius 1 is 1.47 bits per heavy atom. The molecule has 0 aliphatic rings. The zero-order chi connectivity index (χ0) is 11.6. The van der Waals surface area contributed by atoms with Gasteiger partial charge in [-0.1, -0.05) is 22.0 Å². The van der Waals surface area contributed by atoms with Gasteiger partial charge in [0, 0.05) is 4.47 Å². The second-order valence-corrected chi connectivity index (χ2v) is 4.62. The first-order valence-corrected chi connectivity index (χ1v) is 5.55. The van der Waals surface area contributed by atoms with Gasteiger partial charge in [0.2, 0.25) is 5.24 Å². The first-order chi connectivity index (χ1) is 6.97. The molecular formula is C11H10BrClO2. The van der Waals surface area contributed by atoms with E-state index in [4.69, 9.17) is 11.6 Å². The number of carbonyl (C=O) groups excluding carboxylic acids is 2. The molecule has 0 aliphatic heterocycles. The molecular weight excluding hydrogens is 279 g/mol. The molecule has 0 aliphatic carbocycles. The standard InChI is InChI=1S/C11H10BrClO2/c1-6-3-7(2)10(9(12)4-6)8(5-14)11(13)15/h3-5,8H,1-2H3. The molecule has 0 saturated carbocycles. The van der Waals surface area contributed by atoms with Gasteiger partial charge in [-0.05, 0) is 48.2 Å². The third-order valence-corrected chi connectivity index (χ3v) is 3.06. The van der Waals surface area contributed by atoms with Crippen LogP contribution in [-0.4, -0.2) is 11.5 Å². The molecule has 1 aromatic rings. The normalized spacial score (nSPS) is 12.3. The minimum atomic E-state index is -0.887. The molecule has 0 N–H and O–H groups in total. The zero-order valence-corrected chi connectivity index (χ0v) is 10.7. The number of carbonyl (C=O) groups is 2. The summed E-state index contributed by atoms with van der Waals surface area (Å²) in [6.07, 6.45) is 0.567. The van der Waals surface area contributed by atoms with Crippen LogP contribution in [0.1, 0.15) is 22.6 Å². The van der Waals surface area contributed by atoms with Crippen LogP contribution in [0, 0.1) is 13.8 Å². The Morgan fingerprint density at radius 3 is 2.47 bits per heavy atom. The highest BCUT2D eigenvalue weighted by Gasteiger charge is 2.22. The predicted octanol–water partition coefficient (Wildman–Crippen LogP) is 3.11. The van der Waals surface area contributed by atoms with Gasteiger partial charge in [0.15, 0.2) is 0 Å². The van der Waals surface area contributed by atoms with Gasteiger partial charge in [0.05, 0.1) is 0 Å². The molecule has 1 atom stereocenters. The van der Waals surface area contributed by atoms with Crippen molar-refractivity contribution in [3.63, 3.8) is 0 Å². The van der Waals surface area contributed by atoms with E-state index < -0.39 is 11.2 Å². The third-order valence-electron chi connectivity index (χ3n) is 2.17. The Hall–Kier alpha value is -0.670. The van der Waals surface area contributed by atoms with Gasteiger partial charge < -0.3 is 4.79 Å². The number of aldehydes is 1. The molecule has 0 spiro atoms. The van der Waals surface area contributed by atoms with Gasteiger partial charge in [-0.15, -0.1) is 0 Å². The Kier molecular flexibility index (Phi) is 4.05. The number of aryl methyl sites for hydroxylation is 2. The van der Waals surface area contributed by atoms with Crippen molar-refractivity contribution in [2.75, 3.05) is 0 Å². The molecule has 15 heavy (non-hydrogen) atoms. The summed E-state index contributed by atoms with van der Waals surface area (Å²) in [5.41, 5.74) is 2.60. The summed E-state index contributed by atoms with van der Waals surface area (Å²) in [5, 5.41) is -0.655. The lowest BCUT2D eigenvalue weighted by atomic mass is 9.95. The van der Waals surface area contributed by atoms with Crippen LogP contribution < -0.4 is 0 Å². The Morgan fingerprint density at radius 2 is 2.07 bits per heavy atom. The molecule has 0 heterocycles. The number of hydrogen-bond acceptors (Lipinski definition) is 2. The van der Waals surface area contributed by atoms with Crippen LogP contribution in [-0.2, 0) is 9.59 Å². The molecule has 1 unspecified atom stereocenters. The van der Waals surface area contributed by atoms with Crippen molar-refractivity contribution in [1.82, 2.24) is 0 Å². The summed E-state index contributed by atoms with van der Waals surface area (Å²) >= 11 is 8.71. The average Bonchev–Trinajstić information content (AvgIpc) is 2.09. The van der Waals surface area contributed by atoms with Gasteiger partial charge in [-0.2, -0.15) is 0 Å². The van der Waals surface area contributed by atoms with Crippen LogP contribution in [0.5, 0.6) is 0 Å². The number of rotatable bonds is 3. The first-order valence-electron chi connectivity index (χ1n) is 4.38. The largest absolute Gasteiger partial charge is 0.302 e. The van der Waals surface area contributed by atoms with E-state index >= 15 is 0 Å². The smallest absolute Gasteiger partial charge is 0.236 e. The van der Waals surface area contributed by atoms with Gasteiger partial charge >= 0.3 is 0 Å². The minimum Gasteiger partial charge on any atom is -0.302 e. The monoisotopic (exact) mass is 288 g/mol. The van der Waals surface area contributed by atoms with Crippen LogP contribution in [0.2, 0.25) is 0 Å². The van der Waals surface area contributed by atoms with Crippen LogP contribution >= 0.6 is 27.5 Å². The molecule has 1 rings (SSSR count). The summed E-state index contributed by atoms with van der Waals surface area (Å²) < 4.78 is 0.742. The lowest BCUT2D eigenvalue weighted by Crippen LogP contribution is -2.10. The van der Waals surface area contributed by atoms with E-state index in [-0.39, 0.29) is 0 Å². The molecule has 4 heteroatoms. The second kappa shape index (κ2) is 4.90. The van der Waals surface area contributed by atoms with Crippen molar-refractivity contribution < 1.29 is 9.59 Å². The summed E-state index contributed by atoms with van der Waals surface area (Å²) in [5.74, 6) is -0.887. The Balaban J connectivity index is 3.35. The molecule has 1 aromatic carbocycles. The van der Waals surface area contributed by atoms with Crippen LogP contribution in [0.3, 0.4) is 0 Å². The molecule has 0 bridgehead atoms. The molecule has 0 amide bonds. The fourth-order valence-corrected chi connectivity index (χ4v) is 2.64. The Bertz CT molecular complexity index is 392. The van der Waals surface area contributed by atoms with Crippen molar-refractivity contribution in [3.05, 3.63) is 33.3 Å². The SMILES string of the molecule is Cc1cc(C)c(C(C=O)C(=O)Cl)c(Br)c1. The van der Waals surface area contributed by atoms with Crippen molar-refractivity contribution in [2.45, 2.75) is 19.8 Å². The summed E-state index contributed by atoms with van der Waals surface area (Å²) in [6.45, 7) is 3.80. The number of benzene rings is 1. The molecule has 2 nitrogen and oxygen atoms in total. The van der Waals surface area contributed by atoms with E-state index in [9.17, 15) is 9.59 Å². The maximum absolute atomic E-state index is 11.1. The highest BCUT2D eigenvalue weighted by molar-refractivity contribution is 9.10. The average molecular weight is 290 g/mol. The first kappa shape index (κ1) is 12.4. The lowest BCUT2D eigenvalue weighted by Gasteiger charge is -2.12. The highest BCUT2D eigenvalue weighted by Crippen LogP contribution is 2.30. The van der Waals surface area contributed by atoms with Crippen LogP contribution in [0.15, 0.2) is 16.6 Å². The maximum Gasteiger partial charge on any atom is 0.236 e. The zero-order valence-electron chi connectivity index (χ0n) is 8.38. The van der Waals surface area contributed by atoms with Crippen LogP contribution in [0.25, 0.3) is 0 Å². The lowest BCUT2D eigenvalue weighted by molar-refractivity contribution is -0.118. The van der Waals surface area contributed by atoms with Crippen molar-refractivity contribution in [2.24, 2.45) is 0 Å². The third kappa shape index (κ3) is 2.67. The minimum absolute atomic E-state index is 0.567. The predicted molar refractivity (Wildman–Crippen MR) is 63.3 cm³/mol. The molecule has 80 valence electrons. The van der Waals surface area contributed by atoms with Crippen LogP contribution in [0.4, 0.5) is 0 Å². The van der Waals surface area contributed by atoms with Crippen molar-refractivity contribution in [3.8, 4) is 0 Å². The second-order valence-electron chi connectivity index (χ2n) is 3.40. The van der Waals surface area contributed by atoms with Gasteiger partial charge in [-0.3, -0.25) is 4.79 Å². The summed E-state index contributed by atoms with van der Waals surface area (Å²) in [7, 11) is 0. The highest BCUT2D eigenvalue weighted by atomic mass is 79.9. The summed E-state index contributed by atoms with van der Waals surface area (Å²) in [4.78, 5) is 21.9. The topological polar surface area (TPSA) is 34.1 Å². The molecule has 0 radical (unpaired) electrons. The maximum atomic E-state index is 11.1. The van der Waals surface area contributed by atoms with E-state index in [1.807, 2.05) is 26.0 Å². The molecule has 0 fully saturated rings. The van der Waals surface area contributed by atoms with E-state index in [0.29, 0.717) is 11.8 Å². The van der Waals surface area contributed by atoms with E-state index in [1.165, 1.54) is 0 Å². The van der Waals surface area contributed by atoms with E-state index in [2.05, 4.69) is 15.9 Å². The quantitative estimate of drug-likeness (QED) is 0.487. The van der Waals surface area contributed by atoms with Gasteiger partial charge in [0.25, 0.3) is 0 Å². The summed E-state index contributed by atoms with van der Waals surface area (Å²) in [6, 6.07) is 3.77. The fraction of sp³-hybridized carbons (Fsp3) is 0.273. The Labute approximate surface area is 102 Å². The number of halogens is 2. The van der Waals surface area contributed by atoms with Crippen molar-refractivity contribution >= 4 is 39.1 Å².